The van der Waals surface area contributed by atoms with E-state index < -0.39 is 5.97 Å². The highest BCUT2D eigenvalue weighted by molar-refractivity contribution is 5.97. The van der Waals surface area contributed by atoms with Gasteiger partial charge >= 0.3 is 5.97 Å². The van der Waals surface area contributed by atoms with E-state index in [4.69, 9.17) is 4.74 Å². The molecular formula is C15H15NO3. The zero-order valence-corrected chi connectivity index (χ0v) is 11.1. The number of pyridine rings is 1. The summed E-state index contributed by atoms with van der Waals surface area (Å²) < 4.78 is 6.26. The lowest BCUT2D eigenvalue weighted by atomic mass is 9.99. The van der Waals surface area contributed by atoms with Crippen LogP contribution in [0.1, 0.15) is 15.9 Å². The zero-order chi connectivity index (χ0) is 14.0. The van der Waals surface area contributed by atoms with Crippen LogP contribution in [0, 0.1) is 6.92 Å². The fraction of sp³-hybridized carbons (Fsp3) is 0.200. The zero-order valence-electron chi connectivity index (χ0n) is 11.1. The molecule has 4 heteroatoms. The van der Waals surface area contributed by atoms with Gasteiger partial charge < -0.3 is 9.30 Å². The Labute approximate surface area is 111 Å². The first-order valence-corrected chi connectivity index (χ1v) is 5.89. The molecule has 0 aliphatic heterocycles. The minimum absolute atomic E-state index is 0.142. The smallest absolute Gasteiger partial charge is 0.338 e. The predicted octanol–water partition coefficient (Wildman–Crippen LogP) is 2.15. The number of aromatic nitrogens is 1. The second-order valence-electron chi connectivity index (χ2n) is 4.38. The summed E-state index contributed by atoms with van der Waals surface area (Å²) in [6.07, 6.45) is 1.68. The lowest BCUT2D eigenvalue weighted by Crippen LogP contribution is -2.18. The van der Waals surface area contributed by atoms with E-state index in [1.165, 1.54) is 11.7 Å². The van der Waals surface area contributed by atoms with Gasteiger partial charge in [-0.15, -0.1) is 0 Å². The Morgan fingerprint density at radius 1 is 1.21 bits per heavy atom. The number of methoxy groups -OCH3 is 1. The van der Waals surface area contributed by atoms with Crippen LogP contribution < -0.4 is 5.56 Å². The van der Waals surface area contributed by atoms with Gasteiger partial charge in [-0.2, -0.15) is 0 Å². The first-order valence-electron chi connectivity index (χ1n) is 5.89. The molecule has 98 valence electrons. The lowest BCUT2D eigenvalue weighted by Gasteiger charge is -2.09. The van der Waals surface area contributed by atoms with Crippen LogP contribution in [0.4, 0.5) is 0 Å². The summed E-state index contributed by atoms with van der Waals surface area (Å²) >= 11 is 0. The summed E-state index contributed by atoms with van der Waals surface area (Å²) in [6.45, 7) is 1.89. The van der Waals surface area contributed by atoms with Gasteiger partial charge in [0.1, 0.15) is 0 Å². The first kappa shape index (κ1) is 13.1. The molecule has 1 aromatic carbocycles. The van der Waals surface area contributed by atoms with Crippen LogP contribution in [-0.4, -0.2) is 17.6 Å². The van der Waals surface area contributed by atoms with Crippen molar-refractivity contribution in [1.82, 2.24) is 4.57 Å². The number of esters is 1. The highest BCUT2D eigenvalue weighted by atomic mass is 16.5. The van der Waals surface area contributed by atoms with E-state index in [1.807, 2.05) is 13.0 Å². The topological polar surface area (TPSA) is 48.3 Å². The van der Waals surface area contributed by atoms with Crippen molar-refractivity contribution in [3.05, 3.63) is 58.0 Å². The maximum Gasteiger partial charge on any atom is 0.338 e. The molecule has 4 nitrogen and oxygen atoms in total. The molecule has 0 atom stereocenters. The van der Waals surface area contributed by atoms with Crippen LogP contribution in [-0.2, 0) is 11.8 Å². The molecule has 0 unspecified atom stereocenters. The average Bonchev–Trinajstić information content (AvgIpc) is 2.41. The molecule has 1 heterocycles. The Morgan fingerprint density at radius 3 is 2.63 bits per heavy atom. The second-order valence-corrected chi connectivity index (χ2v) is 4.38. The van der Waals surface area contributed by atoms with E-state index in [2.05, 4.69) is 0 Å². The summed E-state index contributed by atoms with van der Waals surface area (Å²) in [5.74, 6) is -0.440. The molecule has 1 aromatic heterocycles. The Morgan fingerprint density at radius 2 is 1.95 bits per heavy atom. The van der Waals surface area contributed by atoms with Crippen LogP contribution in [0.2, 0.25) is 0 Å². The highest BCUT2D eigenvalue weighted by Gasteiger charge is 2.15. The third-order valence-electron chi connectivity index (χ3n) is 2.99. The maximum absolute atomic E-state index is 12.1. The number of carbonyl (C=O) groups is 1. The molecule has 0 N–H and O–H groups in total. The number of carbonyl (C=O) groups excluding carboxylic acids is 1. The van der Waals surface area contributed by atoms with E-state index >= 15 is 0 Å². The van der Waals surface area contributed by atoms with Crippen molar-refractivity contribution in [3.63, 3.8) is 0 Å². The van der Waals surface area contributed by atoms with Crippen molar-refractivity contribution in [2.75, 3.05) is 7.11 Å². The van der Waals surface area contributed by atoms with Crippen molar-refractivity contribution in [2.24, 2.45) is 7.05 Å². The molecule has 0 amide bonds. The van der Waals surface area contributed by atoms with Crippen LogP contribution in [0.15, 0.2) is 41.3 Å². The van der Waals surface area contributed by atoms with Crippen molar-refractivity contribution >= 4 is 5.97 Å². The molecule has 0 saturated carbocycles. The SMILES string of the molecule is COC(=O)c1cc(C)ccc1-c1cccn(C)c1=O. The van der Waals surface area contributed by atoms with Gasteiger partial charge in [-0.1, -0.05) is 17.7 Å². The number of aryl methyl sites for hydroxylation is 2. The summed E-state index contributed by atoms with van der Waals surface area (Å²) in [4.78, 5) is 24.0. The fourth-order valence-corrected chi connectivity index (χ4v) is 1.97. The standard InChI is InChI=1S/C15H15NO3/c1-10-6-7-11(13(9-10)15(18)19-3)12-5-4-8-16(2)14(12)17/h4-9H,1-3H3. The van der Waals surface area contributed by atoms with Gasteiger partial charge in [-0.25, -0.2) is 4.79 Å². The molecule has 0 spiro atoms. The van der Waals surface area contributed by atoms with Gasteiger partial charge in [0.2, 0.25) is 0 Å². The van der Waals surface area contributed by atoms with Crippen molar-refractivity contribution < 1.29 is 9.53 Å². The largest absolute Gasteiger partial charge is 0.465 e. The first-order chi connectivity index (χ1) is 9.04. The Hall–Kier alpha value is -2.36. The van der Waals surface area contributed by atoms with Gasteiger partial charge in [0.25, 0.3) is 5.56 Å². The van der Waals surface area contributed by atoms with E-state index in [1.54, 1.807) is 37.5 Å². The summed E-state index contributed by atoms with van der Waals surface area (Å²) in [6, 6.07) is 8.86. The predicted molar refractivity (Wildman–Crippen MR) is 73.2 cm³/mol. The minimum Gasteiger partial charge on any atom is -0.465 e. The van der Waals surface area contributed by atoms with E-state index in [0.29, 0.717) is 16.7 Å². The number of rotatable bonds is 2. The maximum atomic E-state index is 12.1. The van der Waals surface area contributed by atoms with Gasteiger partial charge in [-0.05, 0) is 25.1 Å². The molecule has 0 aliphatic rings. The molecule has 0 radical (unpaired) electrons. The Kier molecular flexibility index (Phi) is 3.51. The van der Waals surface area contributed by atoms with Crippen LogP contribution in [0.5, 0.6) is 0 Å². The summed E-state index contributed by atoms with van der Waals surface area (Å²) in [5, 5.41) is 0. The molecule has 2 aromatic rings. The molecule has 2 rings (SSSR count). The van der Waals surface area contributed by atoms with Gasteiger partial charge in [0, 0.05) is 24.4 Å². The normalized spacial score (nSPS) is 10.3. The minimum atomic E-state index is -0.440. The number of hydrogen-bond acceptors (Lipinski definition) is 3. The summed E-state index contributed by atoms with van der Waals surface area (Å²) in [5.41, 5.74) is 2.29. The lowest BCUT2D eigenvalue weighted by molar-refractivity contribution is 0.0601. The van der Waals surface area contributed by atoms with Gasteiger partial charge in [0.05, 0.1) is 12.7 Å². The number of ether oxygens (including phenoxy) is 1. The van der Waals surface area contributed by atoms with E-state index in [-0.39, 0.29) is 5.56 Å². The third-order valence-corrected chi connectivity index (χ3v) is 2.99. The van der Waals surface area contributed by atoms with Gasteiger partial charge in [-0.3, -0.25) is 4.79 Å². The number of benzene rings is 1. The van der Waals surface area contributed by atoms with Crippen LogP contribution in [0.25, 0.3) is 11.1 Å². The molecular weight excluding hydrogens is 242 g/mol. The van der Waals surface area contributed by atoms with Crippen molar-refractivity contribution in [1.29, 1.82) is 0 Å². The van der Waals surface area contributed by atoms with Gasteiger partial charge in [0.15, 0.2) is 0 Å². The van der Waals surface area contributed by atoms with E-state index in [0.717, 1.165) is 5.56 Å². The molecule has 0 aliphatic carbocycles. The molecule has 0 fully saturated rings. The number of hydrogen-bond donors (Lipinski definition) is 0. The molecule has 0 saturated heterocycles. The average molecular weight is 257 g/mol. The molecule has 19 heavy (non-hydrogen) atoms. The Bertz CT molecular complexity index is 686. The monoisotopic (exact) mass is 257 g/mol. The second kappa shape index (κ2) is 5.10. The third kappa shape index (κ3) is 2.42. The van der Waals surface area contributed by atoms with Crippen molar-refractivity contribution in [2.45, 2.75) is 6.92 Å². The quantitative estimate of drug-likeness (QED) is 0.774. The van der Waals surface area contributed by atoms with E-state index in [9.17, 15) is 9.59 Å². The fourth-order valence-electron chi connectivity index (χ4n) is 1.97. The Balaban J connectivity index is 2.72. The molecule has 0 bridgehead atoms. The highest BCUT2D eigenvalue weighted by Crippen LogP contribution is 2.22. The van der Waals surface area contributed by atoms with Crippen LogP contribution >= 0.6 is 0 Å². The summed E-state index contributed by atoms with van der Waals surface area (Å²) in [7, 11) is 3.01. The van der Waals surface area contributed by atoms with Crippen LogP contribution in [0.3, 0.4) is 0 Å². The van der Waals surface area contributed by atoms with Crippen molar-refractivity contribution in [3.8, 4) is 11.1 Å². The number of nitrogens with zero attached hydrogens (tertiary/aromatic N) is 1.